The summed E-state index contributed by atoms with van der Waals surface area (Å²) < 4.78 is 11.3. The fourth-order valence-electron chi connectivity index (χ4n) is 3.10. The van der Waals surface area contributed by atoms with E-state index in [1.165, 1.54) is 0 Å². The standard InChI is InChI=1S/C22H19ClN2O4/c23-15-7-4-8-16(11-15)24-22(27)25-18-13-20-19(28-9-10-29-20)12-17(18)21(26)14-5-2-1-3-6-14/h1-8,11-13,21,26H,9-10H2,(H2,24,25,27). The molecule has 1 aliphatic rings. The number of hydrogen-bond acceptors (Lipinski definition) is 4. The van der Waals surface area contributed by atoms with Gasteiger partial charge < -0.3 is 25.2 Å². The number of benzene rings is 3. The maximum absolute atomic E-state index is 12.6. The first-order valence-corrected chi connectivity index (χ1v) is 9.48. The van der Waals surface area contributed by atoms with Gasteiger partial charge in [0.05, 0.1) is 5.69 Å². The Hall–Kier alpha value is -3.22. The van der Waals surface area contributed by atoms with Crippen LogP contribution >= 0.6 is 11.6 Å². The van der Waals surface area contributed by atoms with Gasteiger partial charge in [-0.2, -0.15) is 0 Å². The van der Waals surface area contributed by atoms with Crippen LogP contribution in [0.25, 0.3) is 0 Å². The van der Waals surface area contributed by atoms with Gasteiger partial charge in [-0.15, -0.1) is 0 Å². The summed E-state index contributed by atoms with van der Waals surface area (Å²) in [6.45, 7) is 0.845. The van der Waals surface area contributed by atoms with Gasteiger partial charge in [0.1, 0.15) is 19.3 Å². The molecular formula is C22H19ClN2O4. The molecule has 1 heterocycles. The van der Waals surface area contributed by atoms with Gasteiger partial charge in [0.25, 0.3) is 0 Å². The summed E-state index contributed by atoms with van der Waals surface area (Å²) in [5, 5.41) is 17.0. The highest BCUT2D eigenvalue weighted by Gasteiger charge is 2.22. The van der Waals surface area contributed by atoms with Crippen LogP contribution in [-0.2, 0) is 0 Å². The predicted molar refractivity (Wildman–Crippen MR) is 112 cm³/mol. The summed E-state index contributed by atoms with van der Waals surface area (Å²) in [7, 11) is 0. The Morgan fingerprint density at radius 2 is 1.66 bits per heavy atom. The first-order valence-electron chi connectivity index (χ1n) is 9.10. The fourth-order valence-corrected chi connectivity index (χ4v) is 3.30. The first-order chi connectivity index (χ1) is 14.1. The van der Waals surface area contributed by atoms with Crippen molar-refractivity contribution in [2.75, 3.05) is 23.8 Å². The minimum Gasteiger partial charge on any atom is -0.486 e. The molecular weight excluding hydrogens is 392 g/mol. The van der Waals surface area contributed by atoms with Crippen molar-refractivity contribution in [1.29, 1.82) is 0 Å². The smallest absolute Gasteiger partial charge is 0.323 e. The minimum atomic E-state index is -0.950. The van der Waals surface area contributed by atoms with Crippen LogP contribution in [0.4, 0.5) is 16.2 Å². The lowest BCUT2D eigenvalue weighted by atomic mass is 9.99. The van der Waals surface area contributed by atoms with E-state index in [1.807, 2.05) is 30.3 Å². The predicted octanol–water partition coefficient (Wildman–Crippen LogP) is 4.84. The molecule has 3 aromatic carbocycles. The number of fused-ring (bicyclic) bond motifs is 1. The first kappa shape index (κ1) is 19.1. The molecule has 148 valence electrons. The second kappa shape index (κ2) is 8.43. The van der Waals surface area contributed by atoms with Crippen LogP contribution in [0.3, 0.4) is 0 Å². The lowest BCUT2D eigenvalue weighted by molar-refractivity contribution is 0.170. The molecule has 1 aliphatic heterocycles. The van der Waals surface area contributed by atoms with E-state index in [0.717, 1.165) is 0 Å². The fraction of sp³-hybridized carbons (Fsp3) is 0.136. The van der Waals surface area contributed by atoms with E-state index in [-0.39, 0.29) is 0 Å². The number of amides is 2. The summed E-state index contributed by atoms with van der Waals surface area (Å²) >= 11 is 5.97. The molecule has 4 rings (SSSR count). The Bertz CT molecular complexity index is 1030. The summed E-state index contributed by atoms with van der Waals surface area (Å²) in [4.78, 5) is 12.6. The van der Waals surface area contributed by atoms with Gasteiger partial charge in [-0.05, 0) is 29.8 Å². The van der Waals surface area contributed by atoms with Crippen LogP contribution in [0.2, 0.25) is 5.02 Å². The van der Waals surface area contributed by atoms with Crippen molar-refractivity contribution >= 4 is 29.0 Å². The number of hydrogen-bond donors (Lipinski definition) is 3. The highest BCUT2D eigenvalue weighted by Crippen LogP contribution is 2.39. The molecule has 3 aromatic rings. The molecule has 0 fully saturated rings. The number of halogens is 1. The van der Waals surface area contributed by atoms with Crippen LogP contribution in [-0.4, -0.2) is 24.4 Å². The highest BCUT2D eigenvalue weighted by molar-refractivity contribution is 6.30. The van der Waals surface area contributed by atoms with Crippen LogP contribution in [0.15, 0.2) is 66.7 Å². The van der Waals surface area contributed by atoms with Gasteiger partial charge in [-0.3, -0.25) is 0 Å². The van der Waals surface area contributed by atoms with E-state index in [4.69, 9.17) is 21.1 Å². The number of aliphatic hydroxyl groups excluding tert-OH is 1. The number of carbonyl (C=O) groups is 1. The van der Waals surface area contributed by atoms with E-state index >= 15 is 0 Å². The molecule has 1 unspecified atom stereocenters. The molecule has 0 saturated carbocycles. The molecule has 0 bridgehead atoms. The van der Waals surface area contributed by atoms with Crippen LogP contribution < -0.4 is 20.1 Å². The molecule has 1 atom stereocenters. The molecule has 0 aromatic heterocycles. The van der Waals surface area contributed by atoms with Gasteiger partial charge in [0, 0.05) is 22.3 Å². The van der Waals surface area contributed by atoms with Gasteiger partial charge in [0.15, 0.2) is 11.5 Å². The molecule has 0 radical (unpaired) electrons. The van der Waals surface area contributed by atoms with Crippen LogP contribution in [0, 0.1) is 0 Å². The van der Waals surface area contributed by atoms with Crippen molar-refractivity contribution in [3.63, 3.8) is 0 Å². The normalized spacial score (nSPS) is 13.4. The van der Waals surface area contributed by atoms with E-state index in [2.05, 4.69) is 10.6 Å². The third-order valence-corrected chi connectivity index (χ3v) is 4.69. The van der Waals surface area contributed by atoms with Crippen molar-refractivity contribution in [3.8, 4) is 11.5 Å². The molecule has 2 amide bonds. The zero-order valence-electron chi connectivity index (χ0n) is 15.4. The van der Waals surface area contributed by atoms with Crippen molar-refractivity contribution in [1.82, 2.24) is 0 Å². The molecule has 0 saturated heterocycles. The van der Waals surface area contributed by atoms with Gasteiger partial charge >= 0.3 is 6.03 Å². The molecule has 0 spiro atoms. The topological polar surface area (TPSA) is 79.8 Å². The SMILES string of the molecule is O=C(Nc1cccc(Cl)c1)Nc1cc2c(cc1C(O)c1ccccc1)OCCO2. The number of aliphatic hydroxyl groups is 1. The molecule has 3 N–H and O–H groups in total. The number of carbonyl (C=O) groups excluding carboxylic acids is 1. The number of urea groups is 1. The molecule has 0 aliphatic carbocycles. The lowest BCUT2D eigenvalue weighted by Gasteiger charge is -2.23. The van der Waals surface area contributed by atoms with Gasteiger partial charge in [-0.25, -0.2) is 4.79 Å². The highest BCUT2D eigenvalue weighted by atomic mass is 35.5. The Morgan fingerprint density at radius 1 is 0.931 bits per heavy atom. The van der Waals surface area contributed by atoms with E-state index in [1.54, 1.807) is 36.4 Å². The van der Waals surface area contributed by atoms with Crippen LogP contribution in [0.5, 0.6) is 11.5 Å². The molecule has 29 heavy (non-hydrogen) atoms. The number of anilines is 2. The lowest BCUT2D eigenvalue weighted by Crippen LogP contribution is -2.22. The Kier molecular flexibility index (Phi) is 5.55. The van der Waals surface area contributed by atoms with Crippen molar-refractivity contribution in [2.24, 2.45) is 0 Å². The largest absolute Gasteiger partial charge is 0.486 e. The average molecular weight is 411 g/mol. The van der Waals surface area contributed by atoms with Crippen molar-refractivity contribution < 1.29 is 19.4 Å². The van der Waals surface area contributed by atoms with Crippen LogP contribution in [0.1, 0.15) is 17.2 Å². The molecule has 7 heteroatoms. The maximum Gasteiger partial charge on any atom is 0.323 e. The number of rotatable bonds is 4. The summed E-state index contributed by atoms with van der Waals surface area (Å²) in [6.07, 6.45) is -0.950. The Morgan fingerprint density at radius 3 is 2.38 bits per heavy atom. The Balaban J connectivity index is 1.64. The third kappa shape index (κ3) is 4.45. The zero-order chi connectivity index (χ0) is 20.2. The summed E-state index contributed by atoms with van der Waals surface area (Å²) in [5.74, 6) is 1.04. The average Bonchev–Trinajstić information content (AvgIpc) is 2.73. The van der Waals surface area contributed by atoms with Crippen molar-refractivity contribution in [2.45, 2.75) is 6.10 Å². The second-order valence-electron chi connectivity index (χ2n) is 6.49. The molecule has 6 nitrogen and oxygen atoms in total. The third-order valence-electron chi connectivity index (χ3n) is 4.45. The van der Waals surface area contributed by atoms with E-state index in [0.29, 0.717) is 52.2 Å². The monoisotopic (exact) mass is 410 g/mol. The maximum atomic E-state index is 12.6. The number of nitrogens with one attached hydrogen (secondary N) is 2. The van der Waals surface area contributed by atoms with Gasteiger partial charge in [-0.1, -0.05) is 48.0 Å². The minimum absolute atomic E-state index is 0.418. The van der Waals surface area contributed by atoms with Crippen molar-refractivity contribution in [3.05, 3.63) is 82.9 Å². The van der Waals surface area contributed by atoms with Gasteiger partial charge in [0.2, 0.25) is 0 Å². The number of ether oxygens (including phenoxy) is 2. The second-order valence-corrected chi connectivity index (χ2v) is 6.92. The van der Waals surface area contributed by atoms with E-state index < -0.39 is 12.1 Å². The zero-order valence-corrected chi connectivity index (χ0v) is 16.1. The van der Waals surface area contributed by atoms with E-state index in [9.17, 15) is 9.90 Å². The Labute approximate surface area is 173 Å². The quantitative estimate of drug-likeness (QED) is 0.575. The summed E-state index contributed by atoms with van der Waals surface area (Å²) in [6, 6.07) is 18.9. The summed E-state index contributed by atoms with van der Waals surface area (Å²) in [5.41, 5.74) is 2.17.